The van der Waals surface area contributed by atoms with Gasteiger partial charge in [-0.2, -0.15) is 313 Å². The Morgan fingerprint density at radius 1 is 0.375 bits per heavy atom. The molecule has 0 saturated carbocycles. The molecule has 2 N–H and O–H groups in total. The van der Waals surface area contributed by atoms with Crippen LogP contribution < -0.4 is 10.5 Å². The molecule has 0 aliphatic heterocycles. The highest BCUT2D eigenvalue weighted by Gasteiger charge is 2.56. The first-order valence-corrected chi connectivity index (χ1v) is 41.2. The van der Waals surface area contributed by atoms with E-state index in [1.54, 1.807) is 20.8 Å². The number of hydrogen-bond acceptors (Lipinski definition) is 3. The summed E-state index contributed by atoms with van der Waals surface area (Å²) in [6, 6.07) is 0. The molecule has 50 heteroatoms. The maximum Gasteiger partial charge on any atom is 0.284 e. The monoisotopic (exact) mass is 2980 g/mol. The van der Waals surface area contributed by atoms with Gasteiger partial charge in [0.1, 0.15) is 0 Å². The van der Waals surface area contributed by atoms with Gasteiger partial charge in [-0.15, -0.1) is 134 Å². The topological polar surface area (TPSA) is 78.5 Å². The lowest BCUT2D eigenvalue weighted by Crippen LogP contribution is -2.70. The second-order valence-corrected chi connectivity index (χ2v) is 46.2. The van der Waals surface area contributed by atoms with E-state index in [1.807, 2.05) is 0 Å². The first kappa shape index (κ1) is 70.6. The van der Waals surface area contributed by atoms with Crippen LogP contribution in [0.25, 0.3) is 0 Å². The standard InChI is InChI=1S/C6H15B24I20N3O3/c1-4(54)51-27(15(37)11(31)7-9-13(33)34)23(45)19(41)17(39)21(43)25(47)29(49)53(6(3)56)30(50)26(48)22(44)18(40)20(42)24(46)28(52-5(2)55)16(38)12(32)8-10-14(35)36/h7-10H,1-3H3,(H,51,54)(H,52,55). The van der Waals surface area contributed by atoms with Crippen molar-refractivity contribution in [3.8, 4) is 0 Å². The summed E-state index contributed by atoms with van der Waals surface area (Å²) in [4.78, 5) is 38.5. The Hall–Kier alpha value is 14.6. The molecule has 0 radical (unpaired) electrons. The number of carbonyl (C=O) groups is 3. The van der Waals surface area contributed by atoms with Crippen molar-refractivity contribution in [3.05, 3.63) is 0 Å². The van der Waals surface area contributed by atoms with Crippen molar-refractivity contribution in [2.24, 2.45) is 0 Å². The molecule has 0 aromatic heterocycles. The molecule has 0 bridgehead atoms. The van der Waals surface area contributed by atoms with Gasteiger partial charge in [0.2, 0.25) is 25.1 Å². The fraction of sp³-hybridized carbons (Fsp3) is 0.500. The molecule has 0 aromatic carbocycles. The third kappa shape index (κ3) is 26.6. The highest BCUT2D eigenvalue weighted by atomic mass is 127. The Kier molecular flexibility index (Phi) is 48.1. The van der Waals surface area contributed by atoms with Gasteiger partial charge in [-0.1, -0.05) is 0 Å². The molecule has 0 spiro atoms. The molecular formula is C6H15B24I20N3O3. The predicted octanol–water partition coefficient (Wildman–Crippen LogP) is 6.44. The number of carbonyl (C=O) groups excluding carboxylic acids is 3. The summed E-state index contributed by atoms with van der Waals surface area (Å²) < 4.78 is 7.53. The van der Waals surface area contributed by atoms with Gasteiger partial charge >= 0.3 is 0 Å². The summed E-state index contributed by atoms with van der Waals surface area (Å²) in [7, 11) is 4.57. The van der Waals surface area contributed by atoms with Crippen LogP contribution in [0.1, 0.15) is 20.8 Å². The Morgan fingerprint density at radius 3 is 0.857 bits per heavy atom. The average Bonchev–Trinajstić information content (AvgIpc) is 3.12. The van der Waals surface area contributed by atoms with E-state index >= 15 is 0 Å². The third-order valence-electron chi connectivity index (χ3n) is 7.98. The van der Waals surface area contributed by atoms with Crippen LogP contribution in [-0.4, -0.2) is 139 Å². The van der Waals surface area contributed by atoms with Gasteiger partial charge in [0.25, 0.3) is 9.19 Å². The van der Waals surface area contributed by atoms with Gasteiger partial charge in [0.15, 0.2) is 71.4 Å². The molecule has 284 valence electrons. The molecule has 0 unspecified atom stereocenters. The Bertz CT molecular complexity index is 1130. The molecule has 0 atom stereocenters. The molecule has 6 nitrogen and oxygen atoms in total. The molecule has 0 aromatic rings. The minimum Gasteiger partial charge on any atom is -0.425 e. The van der Waals surface area contributed by atoms with E-state index in [-0.39, 0.29) is 66.3 Å². The molecule has 0 heterocycles. The molecule has 0 rings (SSSR count). The number of amides is 3. The first-order valence-electron chi connectivity index (χ1n) is 16.3. The van der Waals surface area contributed by atoms with Crippen LogP contribution in [0.5, 0.6) is 0 Å². The second kappa shape index (κ2) is 38.2. The van der Waals surface area contributed by atoms with Gasteiger partial charge in [-0.25, -0.2) is 0 Å². The van der Waals surface area contributed by atoms with Crippen molar-refractivity contribution >= 4 is 581 Å². The van der Waals surface area contributed by atoms with Crippen molar-refractivity contribution in [1.29, 1.82) is 0 Å². The van der Waals surface area contributed by atoms with Crippen LogP contribution in [0.4, 0.5) is 0 Å². The number of rotatable bonds is 26. The molecule has 56 heavy (non-hydrogen) atoms. The summed E-state index contributed by atoms with van der Waals surface area (Å²) >= 11 is 51.5. The van der Waals surface area contributed by atoms with Gasteiger partial charge in [0.05, 0.1) is 28.2 Å². The van der Waals surface area contributed by atoms with Crippen LogP contribution in [-0.2, 0) is 14.4 Å². The SMILES string of the molecule is CC(=O)NB(B(I)B(I)BBB(I)I)B(I)B(I)B(I)B(I)B(I)B(I)N(B(I)B(I)B(I)B(I)B(I)B(I)B(NC(C)=O)B(I)B(I)BBB(I)I)C(C)=O. The summed E-state index contributed by atoms with van der Waals surface area (Å²) in [5, 5.41) is 6.70. The van der Waals surface area contributed by atoms with Crippen molar-refractivity contribution < 1.29 is 14.4 Å². The van der Waals surface area contributed by atoms with E-state index in [2.05, 4.69) is 463 Å². The predicted molar refractivity (Wildman–Crippen MR) is 464 cm³/mol. The summed E-state index contributed by atoms with van der Waals surface area (Å²) in [6.45, 7) is 5.11. The summed E-state index contributed by atoms with van der Waals surface area (Å²) in [6.07, 6.45) is 0. The molecular weight excluding hydrogens is 2960 g/mol. The number of nitrogens with one attached hydrogen (secondary N) is 2. The Morgan fingerprint density at radius 2 is 0.625 bits per heavy atom. The third-order valence-corrected chi connectivity index (χ3v) is 51.1. The second-order valence-electron chi connectivity index (χ2n) is 12.4. The minimum absolute atomic E-state index is 0.00447. The molecule has 0 aliphatic carbocycles. The molecule has 0 saturated heterocycles. The lowest BCUT2D eigenvalue weighted by atomic mass is 8.83. The quantitative estimate of drug-likeness (QED) is 0.0775. The van der Waals surface area contributed by atoms with Gasteiger partial charge < -0.3 is 15.2 Å². The van der Waals surface area contributed by atoms with E-state index in [1.165, 1.54) is 0 Å². The van der Waals surface area contributed by atoms with E-state index < -0.39 is 0 Å². The number of halogens is 20. The Labute approximate surface area is 614 Å². The van der Waals surface area contributed by atoms with Crippen LogP contribution in [0.2, 0.25) is 0 Å². The van der Waals surface area contributed by atoms with Crippen LogP contribution in [0.3, 0.4) is 0 Å². The largest absolute Gasteiger partial charge is 0.425 e. The highest BCUT2D eigenvalue weighted by Crippen LogP contribution is 2.32. The van der Waals surface area contributed by atoms with Crippen LogP contribution >= 0.6 is 447 Å². The van der Waals surface area contributed by atoms with Crippen LogP contribution in [0, 0.1) is 0 Å². The minimum atomic E-state index is -0.00447. The van der Waals surface area contributed by atoms with E-state index in [9.17, 15) is 14.4 Å². The maximum absolute atomic E-state index is 13.6. The lowest BCUT2D eigenvalue weighted by Gasteiger charge is -2.35. The first-order chi connectivity index (χ1) is 25.6. The van der Waals surface area contributed by atoms with E-state index in [0.29, 0.717) is 39.4 Å². The van der Waals surface area contributed by atoms with E-state index in [4.69, 9.17) is 0 Å². The van der Waals surface area contributed by atoms with Crippen molar-refractivity contribution in [2.75, 3.05) is 0 Å². The normalized spacial score (nSPS) is 9.91. The zero-order chi connectivity index (χ0) is 44.1. The van der Waals surface area contributed by atoms with Gasteiger partial charge in [-0.3, -0.25) is 14.4 Å². The summed E-state index contributed by atoms with van der Waals surface area (Å²) in [5.74, 6) is 0.152. The zero-order valence-electron chi connectivity index (χ0n) is 29.1. The molecule has 0 aliphatic rings. The van der Waals surface area contributed by atoms with Gasteiger partial charge in [-0.05, 0) is 0 Å². The van der Waals surface area contributed by atoms with Crippen LogP contribution in [0.15, 0.2) is 0 Å². The fourth-order valence-corrected chi connectivity index (χ4v) is 30.0. The fourth-order valence-electron chi connectivity index (χ4n) is 5.02. The summed E-state index contributed by atoms with van der Waals surface area (Å²) in [5.41, 5.74) is 0. The average molecular weight is 2970 g/mol. The van der Waals surface area contributed by atoms with Crippen molar-refractivity contribution in [3.63, 3.8) is 0 Å². The smallest absolute Gasteiger partial charge is 0.284 e. The molecule has 0 fully saturated rings. The molecule has 3 amide bonds. The Balaban J connectivity index is 6.13. The maximum atomic E-state index is 13.6. The van der Waals surface area contributed by atoms with Gasteiger partial charge in [0, 0.05) is 20.8 Å². The van der Waals surface area contributed by atoms with E-state index in [0.717, 1.165) is 28.2 Å². The van der Waals surface area contributed by atoms with Crippen molar-refractivity contribution in [2.45, 2.75) is 20.8 Å². The highest BCUT2D eigenvalue weighted by molar-refractivity contribution is 14.3. The number of nitrogens with zero attached hydrogens (tertiary/aromatic N) is 1. The van der Waals surface area contributed by atoms with Crippen molar-refractivity contribution in [1.82, 2.24) is 15.2 Å². The lowest BCUT2D eigenvalue weighted by molar-refractivity contribution is -0.121. The number of hydrogen-bond donors (Lipinski definition) is 2. The zero-order valence-corrected chi connectivity index (χ0v) is 72.3.